The molecule has 6 heteroatoms. The molecule has 4 rings (SSSR count). The van der Waals surface area contributed by atoms with Gasteiger partial charge in [-0.1, -0.05) is 6.07 Å². The second-order valence-corrected chi connectivity index (χ2v) is 6.99. The number of fused-ring (bicyclic) bond motifs is 1. The van der Waals surface area contributed by atoms with Gasteiger partial charge in [0.1, 0.15) is 5.69 Å². The van der Waals surface area contributed by atoms with E-state index in [1.165, 1.54) is 0 Å². The summed E-state index contributed by atoms with van der Waals surface area (Å²) in [5.74, 6) is 0.00975. The Morgan fingerprint density at radius 1 is 1.08 bits per heavy atom. The summed E-state index contributed by atoms with van der Waals surface area (Å²) in [6.45, 7) is 6.56. The number of pyridine rings is 1. The van der Waals surface area contributed by atoms with Crippen LogP contribution in [0.25, 0.3) is 0 Å². The number of hydrogen-bond acceptors (Lipinski definition) is 5. The third kappa shape index (κ3) is 3.14. The normalized spacial score (nSPS) is 23.0. The van der Waals surface area contributed by atoms with Gasteiger partial charge < -0.3 is 4.90 Å². The highest BCUT2D eigenvalue weighted by Gasteiger charge is 2.44. The molecular formula is C19H23N5O. The van der Waals surface area contributed by atoms with Crippen LogP contribution >= 0.6 is 0 Å². The highest BCUT2D eigenvalue weighted by atomic mass is 16.2. The number of hydrogen-bond donors (Lipinski definition) is 0. The lowest BCUT2D eigenvalue weighted by molar-refractivity contribution is 0.0725. The van der Waals surface area contributed by atoms with Crippen molar-refractivity contribution in [2.24, 2.45) is 0 Å². The quantitative estimate of drug-likeness (QED) is 0.857. The zero-order valence-corrected chi connectivity index (χ0v) is 14.7. The van der Waals surface area contributed by atoms with Crippen molar-refractivity contribution < 1.29 is 4.79 Å². The fraction of sp³-hybridized carbons (Fsp3) is 0.474. The topological polar surface area (TPSA) is 62.2 Å². The van der Waals surface area contributed by atoms with Gasteiger partial charge in [-0.25, -0.2) is 4.98 Å². The Morgan fingerprint density at radius 3 is 2.68 bits per heavy atom. The second kappa shape index (κ2) is 6.52. The molecule has 2 aromatic rings. The third-order valence-corrected chi connectivity index (χ3v) is 5.26. The first-order valence-electron chi connectivity index (χ1n) is 8.88. The lowest BCUT2D eigenvalue weighted by Gasteiger charge is -2.25. The zero-order valence-electron chi connectivity index (χ0n) is 14.7. The number of aromatic nitrogens is 3. The van der Waals surface area contributed by atoms with Crippen LogP contribution in [0.15, 0.2) is 30.6 Å². The molecule has 0 spiro atoms. The average Bonchev–Trinajstić information content (AvgIpc) is 3.18. The van der Waals surface area contributed by atoms with E-state index in [-0.39, 0.29) is 11.9 Å². The van der Waals surface area contributed by atoms with Crippen LogP contribution in [0.4, 0.5) is 0 Å². The standard InChI is InChI=1S/C19H23N5O/c1-13-4-3-5-15(22-13)12-23-8-6-18-17(23)7-9-24(18)19(25)16-11-20-14(2)10-21-16/h3-5,10-11,17-18H,6-9,12H2,1-2H3/t17-,18+/m1/s1. The number of rotatable bonds is 3. The summed E-state index contributed by atoms with van der Waals surface area (Å²) in [5, 5.41) is 0. The maximum Gasteiger partial charge on any atom is 0.274 e. The Labute approximate surface area is 147 Å². The minimum absolute atomic E-state index is 0.00975. The van der Waals surface area contributed by atoms with Gasteiger partial charge in [0.05, 0.1) is 17.6 Å². The van der Waals surface area contributed by atoms with Gasteiger partial charge in [-0.3, -0.25) is 19.7 Å². The van der Waals surface area contributed by atoms with Gasteiger partial charge in [-0.05, 0) is 38.8 Å². The number of amides is 1. The van der Waals surface area contributed by atoms with Gasteiger partial charge >= 0.3 is 0 Å². The van der Waals surface area contributed by atoms with Crippen molar-refractivity contribution in [2.45, 2.75) is 45.3 Å². The van der Waals surface area contributed by atoms with Crippen LogP contribution < -0.4 is 0 Å². The number of likely N-dealkylation sites (tertiary alicyclic amines) is 2. The Balaban J connectivity index is 1.46. The van der Waals surface area contributed by atoms with Crippen LogP contribution in [0, 0.1) is 13.8 Å². The summed E-state index contributed by atoms with van der Waals surface area (Å²) in [6.07, 6.45) is 5.28. The minimum Gasteiger partial charge on any atom is -0.333 e. The van der Waals surface area contributed by atoms with E-state index in [1.807, 2.05) is 24.8 Å². The molecular weight excluding hydrogens is 314 g/mol. The molecule has 0 N–H and O–H groups in total. The molecule has 0 aromatic carbocycles. The van der Waals surface area contributed by atoms with Crippen LogP contribution in [0.1, 0.15) is 40.4 Å². The van der Waals surface area contributed by atoms with E-state index < -0.39 is 0 Å². The molecule has 4 heterocycles. The van der Waals surface area contributed by atoms with Crippen LogP contribution in [-0.2, 0) is 6.54 Å². The lowest BCUT2D eigenvalue weighted by atomic mass is 10.1. The molecule has 0 aliphatic carbocycles. The molecule has 2 aliphatic heterocycles. The molecule has 2 aromatic heterocycles. The highest BCUT2D eigenvalue weighted by molar-refractivity contribution is 5.92. The molecule has 130 valence electrons. The zero-order chi connectivity index (χ0) is 17.4. The van der Waals surface area contributed by atoms with Gasteiger partial charge in [0.25, 0.3) is 5.91 Å². The minimum atomic E-state index is 0.00975. The van der Waals surface area contributed by atoms with E-state index in [4.69, 9.17) is 0 Å². The number of carbonyl (C=O) groups excluding carboxylic acids is 1. The van der Waals surface area contributed by atoms with Gasteiger partial charge in [-0.2, -0.15) is 0 Å². The van der Waals surface area contributed by atoms with Crippen molar-refractivity contribution in [3.8, 4) is 0 Å². The number of aryl methyl sites for hydroxylation is 2. The first-order valence-corrected chi connectivity index (χ1v) is 8.88. The van der Waals surface area contributed by atoms with Crippen LogP contribution in [0.3, 0.4) is 0 Å². The highest BCUT2D eigenvalue weighted by Crippen LogP contribution is 2.33. The Kier molecular flexibility index (Phi) is 4.21. The van der Waals surface area contributed by atoms with Gasteiger partial charge in [0.2, 0.25) is 0 Å². The van der Waals surface area contributed by atoms with E-state index in [9.17, 15) is 4.79 Å². The Hall–Kier alpha value is -2.34. The predicted molar refractivity (Wildman–Crippen MR) is 94.0 cm³/mol. The number of carbonyl (C=O) groups is 1. The molecule has 2 atom stereocenters. The summed E-state index contributed by atoms with van der Waals surface area (Å²) in [5.41, 5.74) is 3.43. The van der Waals surface area contributed by atoms with E-state index in [0.29, 0.717) is 11.7 Å². The van der Waals surface area contributed by atoms with Crippen LogP contribution in [0.2, 0.25) is 0 Å². The maximum atomic E-state index is 12.8. The smallest absolute Gasteiger partial charge is 0.274 e. The summed E-state index contributed by atoms with van der Waals surface area (Å²) < 4.78 is 0. The number of nitrogens with zero attached hydrogens (tertiary/aromatic N) is 5. The molecule has 2 fully saturated rings. The molecule has 0 bridgehead atoms. The first-order chi connectivity index (χ1) is 12.1. The van der Waals surface area contributed by atoms with E-state index >= 15 is 0 Å². The monoisotopic (exact) mass is 337 g/mol. The summed E-state index contributed by atoms with van der Waals surface area (Å²) in [6, 6.07) is 6.87. The molecule has 2 aliphatic rings. The van der Waals surface area contributed by atoms with Crippen molar-refractivity contribution in [1.82, 2.24) is 24.8 Å². The fourth-order valence-corrected chi connectivity index (χ4v) is 4.07. The first kappa shape index (κ1) is 16.1. The summed E-state index contributed by atoms with van der Waals surface area (Å²) >= 11 is 0. The molecule has 0 saturated carbocycles. The maximum absolute atomic E-state index is 12.8. The van der Waals surface area contributed by atoms with E-state index in [0.717, 1.165) is 49.6 Å². The Bertz CT molecular complexity index is 776. The van der Waals surface area contributed by atoms with E-state index in [2.05, 4.69) is 32.0 Å². The van der Waals surface area contributed by atoms with E-state index in [1.54, 1.807) is 12.4 Å². The van der Waals surface area contributed by atoms with Crippen molar-refractivity contribution in [3.63, 3.8) is 0 Å². The van der Waals surface area contributed by atoms with Crippen molar-refractivity contribution in [2.75, 3.05) is 13.1 Å². The molecule has 0 radical (unpaired) electrons. The predicted octanol–water partition coefficient (Wildman–Crippen LogP) is 1.98. The van der Waals surface area contributed by atoms with Crippen LogP contribution in [0.5, 0.6) is 0 Å². The SMILES string of the molecule is Cc1cnc(C(=O)N2CC[C@@H]3[C@@H]2CCN3Cc2cccc(C)n2)cn1. The molecule has 2 saturated heterocycles. The Morgan fingerprint density at radius 2 is 1.92 bits per heavy atom. The lowest BCUT2D eigenvalue weighted by Crippen LogP contribution is -2.40. The van der Waals surface area contributed by atoms with Crippen molar-refractivity contribution in [3.05, 3.63) is 53.4 Å². The molecule has 25 heavy (non-hydrogen) atoms. The average molecular weight is 337 g/mol. The second-order valence-electron chi connectivity index (χ2n) is 6.99. The molecule has 6 nitrogen and oxygen atoms in total. The van der Waals surface area contributed by atoms with Crippen LogP contribution in [-0.4, -0.2) is 55.8 Å². The fourth-order valence-electron chi connectivity index (χ4n) is 4.07. The summed E-state index contributed by atoms with van der Waals surface area (Å²) in [4.78, 5) is 30.4. The van der Waals surface area contributed by atoms with Gasteiger partial charge in [0.15, 0.2) is 0 Å². The third-order valence-electron chi connectivity index (χ3n) is 5.26. The largest absolute Gasteiger partial charge is 0.333 e. The van der Waals surface area contributed by atoms with Gasteiger partial charge in [0, 0.05) is 43.6 Å². The summed E-state index contributed by atoms with van der Waals surface area (Å²) in [7, 11) is 0. The molecule has 1 amide bonds. The molecule has 0 unspecified atom stereocenters. The van der Waals surface area contributed by atoms with Gasteiger partial charge in [-0.15, -0.1) is 0 Å². The van der Waals surface area contributed by atoms with Crippen molar-refractivity contribution in [1.29, 1.82) is 0 Å². The van der Waals surface area contributed by atoms with Crippen molar-refractivity contribution >= 4 is 5.91 Å².